The summed E-state index contributed by atoms with van der Waals surface area (Å²) >= 11 is 0. The number of aromatic hydroxyl groups is 1. The van der Waals surface area contributed by atoms with Gasteiger partial charge in [0.1, 0.15) is 22.6 Å². The molecule has 0 saturated heterocycles. The summed E-state index contributed by atoms with van der Waals surface area (Å²) in [7, 11) is 2.80. The Morgan fingerprint density at radius 3 is 2.56 bits per heavy atom. The molecule has 1 aliphatic rings. The number of carbonyl (C=O) groups excluding carboxylic acids is 2. The second kappa shape index (κ2) is 6.21. The summed E-state index contributed by atoms with van der Waals surface area (Å²) in [6.45, 7) is 0. The van der Waals surface area contributed by atoms with E-state index in [4.69, 9.17) is 18.6 Å². The van der Waals surface area contributed by atoms with Gasteiger partial charge in [0.25, 0.3) is 0 Å². The molecule has 0 fully saturated rings. The molecule has 0 bridgehead atoms. The van der Waals surface area contributed by atoms with Gasteiger partial charge in [-0.25, -0.2) is 4.79 Å². The van der Waals surface area contributed by atoms with Gasteiger partial charge in [0.15, 0.2) is 11.3 Å². The van der Waals surface area contributed by atoms with Gasteiger partial charge in [-0.15, -0.1) is 0 Å². The lowest BCUT2D eigenvalue weighted by Gasteiger charge is -2.21. The second-order valence-corrected chi connectivity index (χ2v) is 5.81. The number of carbonyl (C=O) groups is 2. The molecule has 27 heavy (non-hydrogen) atoms. The van der Waals surface area contributed by atoms with Crippen LogP contribution in [-0.4, -0.2) is 31.1 Å². The summed E-state index contributed by atoms with van der Waals surface area (Å²) < 4.78 is 21.5. The number of hydrogen-bond acceptors (Lipinski definition) is 7. The van der Waals surface area contributed by atoms with Crippen molar-refractivity contribution < 1.29 is 33.3 Å². The lowest BCUT2D eigenvalue weighted by atomic mass is 9.95. The van der Waals surface area contributed by atoms with E-state index in [0.29, 0.717) is 16.5 Å². The molecule has 0 atom stereocenters. The molecule has 4 rings (SSSR count). The van der Waals surface area contributed by atoms with E-state index in [1.807, 2.05) is 0 Å². The molecule has 7 nitrogen and oxygen atoms in total. The molecule has 1 N–H and O–H groups in total. The van der Waals surface area contributed by atoms with Crippen LogP contribution in [0.5, 0.6) is 23.0 Å². The minimum absolute atomic E-state index is 0.0146. The first-order valence-corrected chi connectivity index (χ1v) is 7.98. The fraction of sp³-hybridized carbons (Fsp3) is 0.100. The van der Waals surface area contributed by atoms with E-state index >= 15 is 0 Å². The molecule has 0 spiro atoms. The minimum atomic E-state index is -0.831. The van der Waals surface area contributed by atoms with Crippen LogP contribution in [0, 0.1) is 0 Å². The molecular formula is C20H14O7. The van der Waals surface area contributed by atoms with Crippen molar-refractivity contribution in [2.75, 3.05) is 14.2 Å². The van der Waals surface area contributed by atoms with Gasteiger partial charge in [-0.3, -0.25) is 4.79 Å². The largest absolute Gasteiger partial charge is 0.508 e. The van der Waals surface area contributed by atoms with E-state index < -0.39 is 11.8 Å². The highest BCUT2D eigenvalue weighted by atomic mass is 16.6. The molecule has 0 aliphatic carbocycles. The maximum Gasteiger partial charge on any atom is 0.347 e. The zero-order valence-corrected chi connectivity index (χ0v) is 14.4. The highest BCUT2D eigenvalue weighted by Gasteiger charge is 2.38. The number of ketones is 1. The van der Waals surface area contributed by atoms with Gasteiger partial charge < -0.3 is 23.7 Å². The van der Waals surface area contributed by atoms with Gasteiger partial charge in [-0.2, -0.15) is 0 Å². The summed E-state index contributed by atoms with van der Waals surface area (Å²) in [6.07, 6.45) is 2.79. The molecule has 7 heteroatoms. The van der Waals surface area contributed by atoms with E-state index in [2.05, 4.69) is 0 Å². The maximum atomic E-state index is 13.1. The van der Waals surface area contributed by atoms with Crippen LogP contribution >= 0.6 is 0 Å². The molecule has 136 valence electrons. The van der Waals surface area contributed by atoms with Crippen molar-refractivity contribution >= 4 is 28.8 Å². The third kappa shape index (κ3) is 2.52. The topological polar surface area (TPSA) is 95.2 Å². The Balaban J connectivity index is 1.97. The quantitative estimate of drug-likeness (QED) is 0.329. The van der Waals surface area contributed by atoms with E-state index in [9.17, 15) is 14.7 Å². The van der Waals surface area contributed by atoms with Gasteiger partial charge in [0.2, 0.25) is 11.5 Å². The number of furan rings is 1. The average molecular weight is 366 g/mol. The van der Waals surface area contributed by atoms with Crippen LogP contribution in [0.1, 0.15) is 15.9 Å². The number of phenolic OH excluding ortho intramolecular Hbond substituents is 1. The first kappa shape index (κ1) is 16.7. The molecule has 2 aromatic carbocycles. The standard InChI is InChI=1S/C20H14O7/c1-24-16-12-6-7-26-17(12)19(25-2)18-14(16)15(22)13(20(23)27-18)9-10-4-3-5-11(21)8-10/h3-9,21H,1-2H3/b13-9-. The number of fused-ring (bicyclic) bond motifs is 2. The summed E-state index contributed by atoms with van der Waals surface area (Å²) in [4.78, 5) is 25.6. The molecule has 1 aromatic heterocycles. The van der Waals surface area contributed by atoms with Crippen molar-refractivity contribution in [1.29, 1.82) is 0 Å². The van der Waals surface area contributed by atoms with Gasteiger partial charge in [0, 0.05) is 0 Å². The number of methoxy groups -OCH3 is 2. The maximum absolute atomic E-state index is 13.1. The number of rotatable bonds is 3. The van der Waals surface area contributed by atoms with E-state index in [1.165, 1.54) is 38.7 Å². The third-order valence-electron chi connectivity index (χ3n) is 4.25. The van der Waals surface area contributed by atoms with Crippen molar-refractivity contribution in [2.24, 2.45) is 0 Å². The number of ether oxygens (including phenoxy) is 3. The van der Waals surface area contributed by atoms with Crippen LogP contribution in [0.4, 0.5) is 0 Å². The number of hydrogen-bond donors (Lipinski definition) is 1. The molecule has 0 unspecified atom stereocenters. The zero-order chi connectivity index (χ0) is 19.1. The van der Waals surface area contributed by atoms with Crippen molar-refractivity contribution in [3.05, 3.63) is 53.3 Å². The molecule has 0 radical (unpaired) electrons. The van der Waals surface area contributed by atoms with Crippen LogP contribution in [-0.2, 0) is 4.79 Å². The Morgan fingerprint density at radius 1 is 1.07 bits per heavy atom. The van der Waals surface area contributed by atoms with E-state index in [1.54, 1.807) is 18.2 Å². The van der Waals surface area contributed by atoms with Gasteiger partial charge in [-0.05, 0) is 29.8 Å². The normalized spacial score (nSPS) is 15.0. The first-order chi connectivity index (χ1) is 13.0. The Kier molecular flexibility index (Phi) is 3.84. The van der Waals surface area contributed by atoms with Gasteiger partial charge >= 0.3 is 5.97 Å². The Labute approximate surface area is 153 Å². The third-order valence-corrected chi connectivity index (χ3v) is 4.25. The Hall–Kier alpha value is -3.74. The number of Topliss-reactive ketones (excluding diaryl/α,β-unsaturated/α-hetero) is 1. The van der Waals surface area contributed by atoms with Crippen molar-refractivity contribution in [2.45, 2.75) is 0 Å². The number of phenols is 1. The summed E-state index contributed by atoms with van der Waals surface area (Å²) in [6, 6.07) is 7.81. The van der Waals surface area contributed by atoms with Crippen LogP contribution in [0.25, 0.3) is 17.0 Å². The molecule has 0 amide bonds. The fourth-order valence-corrected chi connectivity index (χ4v) is 3.10. The molecule has 1 aliphatic heterocycles. The lowest BCUT2D eigenvalue weighted by molar-refractivity contribution is -0.130. The molecule has 2 heterocycles. The van der Waals surface area contributed by atoms with E-state index in [-0.39, 0.29) is 34.1 Å². The highest BCUT2D eigenvalue weighted by Crippen LogP contribution is 2.49. The van der Waals surface area contributed by atoms with Gasteiger partial charge in [-0.1, -0.05) is 12.1 Å². The molecule has 0 saturated carbocycles. The average Bonchev–Trinajstić information content (AvgIpc) is 3.12. The lowest BCUT2D eigenvalue weighted by Crippen LogP contribution is -2.26. The first-order valence-electron chi connectivity index (χ1n) is 7.98. The zero-order valence-electron chi connectivity index (χ0n) is 14.4. The minimum Gasteiger partial charge on any atom is -0.508 e. The van der Waals surface area contributed by atoms with Crippen LogP contribution < -0.4 is 14.2 Å². The van der Waals surface area contributed by atoms with Crippen LogP contribution in [0.2, 0.25) is 0 Å². The summed E-state index contributed by atoms with van der Waals surface area (Å²) in [5.41, 5.74) is 0.689. The predicted octanol–water partition coefficient (Wildman–Crippen LogP) is 3.34. The van der Waals surface area contributed by atoms with Crippen LogP contribution in [0.3, 0.4) is 0 Å². The fourth-order valence-electron chi connectivity index (χ4n) is 3.10. The summed E-state index contributed by atoms with van der Waals surface area (Å²) in [5.74, 6) is -1.05. The Morgan fingerprint density at radius 2 is 1.85 bits per heavy atom. The molecule has 3 aromatic rings. The number of esters is 1. The smallest absolute Gasteiger partial charge is 0.347 e. The summed E-state index contributed by atoms with van der Waals surface area (Å²) in [5, 5.41) is 10.1. The van der Waals surface area contributed by atoms with Crippen molar-refractivity contribution in [3.8, 4) is 23.0 Å². The highest BCUT2D eigenvalue weighted by molar-refractivity contribution is 6.32. The SMILES string of the molecule is COc1c2c(c(OC)c3occc13)OC(=O)/C(=C\c1cccc(O)c1)C2=O. The predicted molar refractivity (Wildman–Crippen MR) is 95.4 cm³/mol. The van der Waals surface area contributed by atoms with E-state index in [0.717, 1.165) is 0 Å². The van der Waals surface area contributed by atoms with Crippen molar-refractivity contribution in [3.63, 3.8) is 0 Å². The number of benzene rings is 2. The molecular weight excluding hydrogens is 352 g/mol. The second-order valence-electron chi connectivity index (χ2n) is 5.81. The van der Waals surface area contributed by atoms with Gasteiger partial charge in [0.05, 0.1) is 25.9 Å². The monoisotopic (exact) mass is 366 g/mol. The Bertz CT molecular complexity index is 1120. The van der Waals surface area contributed by atoms with Crippen molar-refractivity contribution in [1.82, 2.24) is 0 Å². The van der Waals surface area contributed by atoms with Crippen LogP contribution in [0.15, 0.2) is 46.6 Å².